The van der Waals surface area contributed by atoms with Crippen molar-refractivity contribution < 1.29 is 20.4 Å². The molecule has 0 aromatic heterocycles. The van der Waals surface area contributed by atoms with E-state index in [4.69, 9.17) is 0 Å². The van der Waals surface area contributed by atoms with E-state index in [9.17, 15) is 0 Å². The molecule has 0 nitrogen and oxygen atoms in total. The molecule has 1 rings (SSSR count). The molecule has 0 N–H and O–H groups in total. The number of halogens is 3. The molecule has 0 atom stereocenters. The quantitative estimate of drug-likeness (QED) is 0.636. The van der Waals surface area contributed by atoms with Gasteiger partial charge < -0.3 is 0 Å². The number of allylic oxidation sites excluding steroid dienone is 4. The third kappa shape index (κ3) is 4.99. The van der Waals surface area contributed by atoms with Crippen molar-refractivity contribution in [3.8, 4) is 0 Å². The Morgan fingerprint density at radius 2 is 1.75 bits per heavy atom. The van der Waals surface area contributed by atoms with Gasteiger partial charge >= 0.3 is 68.7 Å². The first kappa shape index (κ1) is 18.8. The van der Waals surface area contributed by atoms with Gasteiger partial charge in [-0.15, -0.1) is 37.2 Å². The zero-order valence-corrected chi connectivity index (χ0v) is 11.2. The fourth-order valence-electron chi connectivity index (χ4n) is 1.06. The average molecular weight is 262 g/mol. The topological polar surface area (TPSA) is 0 Å². The summed E-state index contributed by atoms with van der Waals surface area (Å²) in [7, 11) is 0. The molecule has 0 aromatic rings. The first-order chi connectivity index (χ1) is 4.22. The third-order valence-electron chi connectivity index (χ3n) is 1.59. The Labute approximate surface area is 105 Å². The molecule has 0 unspecified atom stereocenters. The molecule has 0 amide bonds. The van der Waals surface area contributed by atoms with Crippen LogP contribution >= 0.6 is 37.2 Å². The second-order valence-corrected chi connectivity index (χ2v) is 3.64. The van der Waals surface area contributed by atoms with Crippen LogP contribution in [0.2, 0.25) is 13.6 Å². The number of rotatable bonds is 1. The van der Waals surface area contributed by atoms with E-state index < -0.39 is 0 Å². The van der Waals surface area contributed by atoms with Crippen LogP contribution in [0.3, 0.4) is 0 Å². The van der Waals surface area contributed by atoms with Crippen LogP contribution in [0.25, 0.3) is 0 Å². The summed E-state index contributed by atoms with van der Waals surface area (Å²) in [5, 5.41) is 0. The minimum atomic E-state index is 0. The molecule has 12 heavy (non-hydrogen) atoms. The predicted octanol–water partition coefficient (Wildman–Crippen LogP) is 3.31. The Morgan fingerprint density at radius 3 is 1.92 bits per heavy atom. The van der Waals surface area contributed by atoms with Gasteiger partial charge in [-0.2, -0.15) is 0 Å². The van der Waals surface area contributed by atoms with Gasteiger partial charge in [0.05, 0.1) is 0 Å². The molecular formula is C7H13BCl3Ti. The Kier molecular flexibility index (Phi) is 13.7. The van der Waals surface area contributed by atoms with Crippen LogP contribution in [0.1, 0.15) is 6.42 Å². The number of hydrogen-bond donors (Lipinski definition) is 0. The van der Waals surface area contributed by atoms with E-state index in [-0.39, 0.29) is 37.2 Å². The summed E-state index contributed by atoms with van der Waals surface area (Å²) in [5.41, 5.74) is 1.54. The van der Waals surface area contributed by atoms with Crippen LogP contribution in [-0.2, 0) is 20.4 Å². The summed E-state index contributed by atoms with van der Waals surface area (Å²) < 4.78 is 1.55. The van der Waals surface area contributed by atoms with E-state index in [0.717, 1.165) is 0 Å². The molecule has 5 heteroatoms. The van der Waals surface area contributed by atoms with Gasteiger partial charge in [-0.05, 0) is 0 Å². The minimum absolute atomic E-state index is 0. The van der Waals surface area contributed by atoms with Crippen molar-refractivity contribution >= 4 is 43.9 Å². The monoisotopic (exact) mass is 261 g/mol. The van der Waals surface area contributed by atoms with E-state index in [1.807, 2.05) is 0 Å². The largest absolute Gasteiger partial charge is 0.147 e. The summed E-state index contributed by atoms with van der Waals surface area (Å²) in [6.07, 6.45) is 5.66. The molecule has 69 valence electrons. The van der Waals surface area contributed by atoms with E-state index in [2.05, 4.69) is 46.2 Å². The van der Waals surface area contributed by atoms with Crippen LogP contribution in [0.15, 0.2) is 21.5 Å². The normalized spacial score (nSPS) is 12.8. The van der Waals surface area contributed by atoms with Gasteiger partial charge in [-0.1, -0.05) is 0 Å². The smallest absolute Gasteiger partial charge is 0.147 e. The van der Waals surface area contributed by atoms with Gasteiger partial charge in [0.1, 0.15) is 0 Å². The molecular weight excluding hydrogens is 249 g/mol. The molecule has 0 aliphatic heterocycles. The second-order valence-electron chi connectivity index (χ2n) is 2.70. The van der Waals surface area contributed by atoms with Gasteiger partial charge in [0.25, 0.3) is 0 Å². The summed E-state index contributed by atoms with van der Waals surface area (Å²) in [6.45, 7) is 5.20. The predicted molar refractivity (Wildman–Crippen MR) is 60.0 cm³/mol. The minimum Gasteiger partial charge on any atom is -0.147 e. The van der Waals surface area contributed by atoms with Crippen molar-refractivity contribution in [3.05, 3.63) is 21.5 Å². The third-order valence-corrected chi connectivity index (χ3v) is 2.36. The van der Waals surface area contributed by atoms with Crippen LogP contribution < -0.4 is 0 Å². The van der Waals surface area contributed by atoms with E-state index in [1.165, 1.54) is 11.9 Å². The number of hydrogen-bond acceptors (Lipinski definition) is 0. The van der Waals surface area contributed by atoms with Crippen molar-refractivity contribution in [2.75, 3.05) is 0 Å². The fraction of sp³-hybridized carbons (Fsp3) is 0.429. The SMILES string of the molecule is CB(C)C1=[C]([Ti])CC=C1.Cl.Cl.Cl. The van der Waals surface area contributed by atoms with Gasteiger partial charge in [0, 0.05) is 0 Å². The molecule has 0 bridgehead atoms. The Balaban J connectivity index is -0.000000270. The summed E-state index contributed by atoms with van der Waals surface area (Å²) in [6, 6.07) is 0. The first-order valence-corrected chi connectivity index (χ1v) is 4.11. The molecule has 0 heterocycles. The molecule has 0 aromatic carbocycles. The second kappa shape index (κ2) is 8.72. The molecule has 0 radical (unpaired) electrons. The summed E-state index contributed by atoms with van der Waals surface area (Å²) in [5.74, 6) is 0. The maximum absolute atomic E-state index is 2.25. The maximum Gasteiger partial charge on any atom is -0.147 e. The molecule has 0 saturated heterocycles. The van der Waals surface area contributed by atoms with Crippen LogP contribution in [0.4, 0.5) is 0 Å². The van der Waals surface area contributed by atoms with E-state index >= 15 is 0 Å². The van der Waals surface area contributed by atoms with Gasteiger partial charge in [-0.25, -0.2) is 0 Å². The van der Waals surface area contributed by atoms with Crippen molar-refractivity contribution in [2.24, 2.45) is 0 Å². The Bertz CT molecular complexity index is 177. The summed E-state index contributed by atoms with van der Waals surface area (Å²) >= 11 is 2.22. The van der Waals surface area contributed by atoms with Crippen molar-refractivity contribution in [1.82, 2.24) is 0 Å². The average Bonchev–Trinajstić information content (AvgIpc) is 2.13. The van der Waals surface area contributed by atoms with E-state index in [1.54, 1.807) is 3.88 Å². The molecule has 1 aliphatic rings. The van der Waals surface area contributed by atoms with Crippen molar-refractivity contribution in [1.29, 1.82) is 0 Å². The standard InChI is InChI=1S/C7H10B.3ClH.Ti/c1-8(2)7-5-3-4-6-7;;;;/h3,5H,4H2,1-2H3;3*1H;. The Hall–Kier alpha value is 1.13. The molecule has 0 spiro atoms. The molecule has 0 saturated carbocycles. The zero-order chi connectivity index (χ0) is 6.85. The first-order valence-electron chi connectivity index (χ1n) is 3.33. The van der Waals surface area contributed by atoms with Gasteiger partial charge in [0.15, 0.2) is 0 Å². The molecule has 0 fully saturated rings. The van der Waals surface area contributed by atoms with Gasteiger partial charge in [-0.3, -0.25) is 0 Å². The molecule has 1 aliphatic carbocycles. The van der Waals surface area contributed by atoms with Gasteiger partial charge in [0.2, 0.25) is 0 Å². The fourth-order valence-corrected chi connectivity index (χ4v) is 1.83. The van der Waals surface area contributed by atoms with Crippen LogP contribution in [0, 0.1) is 0 Å². The van der Waals surface area contributed by atoms with Crippen LogP contribution in [0.5, 0.6) is 0 Å². The zero-order valence-electron chi connectivity index (χ0n) is 7.16. The van der Waals surface area contributed by atoms with Crippen molar-refractivity contribution in [2.45, 2.75) is 20.1 Å². The summed E-state index contributed by atoms with van der Waals surface area (Å²) in [4.78, 5) is 0. The van der Waals surface area contributed by atoms with Crippen LogP contribution in [-0.4, -0.2) is 6.71 Å². The maximum atomic E-state index is 2.25. The van der Waals surface area contributed by atoms with Crippen molar-refractivity contribution in [3.63, 3.8) is 0 Å². The van der Waals surface area contributed by atoms with E-state index in [0.29, 0.717) is 6.71 Å². The Morgan fingerprint density at radius 1 is 1.25 bits per heavy atom.